The average molecular weight is 447 g/mol. The molecule has 0 spiro atoms. The van der Waals surface area contributed by atoms with E-state index in [9.17, 15) is 22.4 Å². The van der Waals surface area contributed by atoms with Crippen molar-refractivity contribution in [1.29, 1.82) is 0 Å². The number of hydrogen-bond donors (Lipinski definition) is 1. The highest BCUT2D eigenvalue weighted by atomic mass is 79.9. The Morgan fingerprint density at radius 2 is 1.96 bits per heavy atom. The molecule has 142 valence electrons. The molecule has 3 aromatic rings. The van der Waals surface area contributed by atoms with Crippen LogP contribution >= 0.6 is 15.9 Å². The highest BCUT2D eigenvalue weighted by Gasteiger charge is 2.35. The van der Waals surface area contributed by atoms with E-state index in [1.54, 1.807) is 0 Å². The summed E-state index contributed by atoms with van der Waals surface area (Å²) in [4.78, 5) is 10.9. The molecule has 2 aromatic carbocycles. The highest BCUT2D eigenvalue weighted by Crippen LogP contribution is 2.39. The molecule has 1 N–H and O–H groups in total. The van der Waals surface area contributed by atoms with Crippen LogP contribution in [0.2, 0.25) is 0 Å². The molecule has 0 radical (unpaired) electrons. The number of aliphatic carboxylic acids is 1. The Kier molecular flexibility index (Phi) is 5.14. The third-order valence-corrected chi connectivity index (χ3v) is 4.34. The van der Waals surface area contributed by atoms with Crippen LogP contribution in [-0.4, -0.2) is 11.1 Å². The predicted octanol–water partition coefficient (Wildman–Crippen LogP) is 5.56. The first-order valence-electron chi connectivity index (χ1n) is 7.55. The van der Waals surface area contributed by atoms with Crippen LogP contribution in [0.4, 0.5) is 17.6 Å². The molecule has 1 aromatic heterocycles. The Bertz CT molecular complexity index is 1010. The quantitative estimate of drug-likeness (QED) is 0.521. The van der Waals surface area contributed by atoms with E-state index in [1.807, 2.05) is 0 Å². The van der Waals surface area contributed by atoms with E-state index in [0.29, 0.717) is 16.3 Å². The zero-order chi connectivity index (χ0) is 19.8. The Morgan fingerprint density at radius 1 is 1.22 bits per heavy atom. The van der Waals surface area contributed by atoms with Gasteiger partial charge in [-0.15, -0.1) is 0 Å². The molecule has 0 fully saturated rings. The van der Waals surface area contributed by atoms with E-state index < -0.39 is 29.9 Å². The van der Waals surface area contributed by atoms with Crippen LogP contribution in [0.1, 0.15) is 16.7 Å². The molecule has 0 saturated heterocycles. The summed E-state index contributed by atoms with van der Waals surface area (Å²) in [6.45, 7) is -0.144. The van der Waals surface area contributed by atoms with Gasteiger partial charge in [-0.3, -0.25) is 4.79 Å². The zero-order valence-corrected chi connectivity index (χ0v) is 15.0. The normalized spacial score (nSPS) is 11.7. The summed E-state index contributed by atoms with van der Waals surface area (Å²) in [7, 11) is 0. The van der Waals surface area contributed by atoms with Crippen LogP contribution in [-0.2, 0) is 24.0 Å². The van der Waals surface area contributed by atoms with Crippen molar-refractivity contribution < 1.29 is 36.6 Å². The second-order valence-electron chi connectivity index (χ2n) is 5.71. The van der Waals surface area contributed by atoms with Gasteiger partial charge in [-0.05, 0) is 51.8 Å². The third-order valence-electron chi connectivity index (χ3n) is 3.75. The van der Waals surface area contributed by atoms with Crippen molar-refractivity contribution in [2.75, 3.05) is 0 Å². The lowest BCUT2D eigenvalue weighted by Gasteiger charge is -2.11. The smallest absolute Gasteiger partial charge is 0.420 e. The maximum atomic E-state index is 13.3. The van der Waals surface area contributed by atoms with Gasteiger partial charge in [0.05, 0.1) is 10.9 Å². The number of halogens is 5. The molecule has 0 aliphatic rings. The van der Waals surface area contributed by atoms with Crippen molar-refractivity contribution in [3.05, 3.63) is 63.6 Å². The molecule has 0 aliphatic carbocycles. The van der Waals surface area contributed by atoms with Gasteiger partial charge < -0.3 is 14.3 Å². The number of furan rings is 1. The minimum atomic E-state index is -4.57. The van der Waals surface area contributed by atoms with Gasteiger partial charge in [0, 0.05) is 10.9 Å². The topological polar surface area (TPSA) is 59.7 Å². The summed E-state index contributed by atoms with van der Waals surface area (Å²) >= 11 is 3.17. The Morgan fingerprint density at radius 3 is 2.63 bits per heavy atom. The predicted molar refractivity (Wildman–Crippen MR) is 91.0 cm³/mol. The first kappa shape index (κ1) is 19.2. The standard InChI is InChI=1S/C18H11BrF4O4/c19-14-4-9(3-12-13(18(21,22)23)8-27-17(12)14)7-26-15-2-1-11(20)5-10(15)6-16(24)25/h1-5,8H,6-7H2,(H,24,25). The van der Waals surface area contributed by atoms with Gasteiger partial charge in [0.2, 0.25) is 0 Å². The van der Waals surface area contributed by atoms with Crippen molar-refractivity contribution in [3.8, 4) is 5.75 Å². The van der Waals surface area contributed by atoms with E-state index in [1.165, 1.54) is 18.2 Å². The summed E-state index contributed by atoms with van der Waals surface area (Å²) in [5, 5.41) is 8.78. The lowest BCUT2D eigenvalue weighted by atomic mass is 10.1. The fourth-order valence-corrected chi connectivity index (χ4v) is 3.21. The Hall–Kier alpha value is -2.55. The van der Waals surface area contributed by atoms with Crippen LogP contribution in [0.25, 0.3) is 11.0 Å². The third kappa shape index (κ3) is 4.24. The monoisotopic (exact) mass is 446 g/mol. The first-order chi connectivity index (χ1) is 12.6. The molecular formula is C18H11BrF4O4. The molecule has 0 amide bonds. The van der Waals surface area contributed by atoms with E-state index in [-0.39, 0.29) is 28.9 Å². The fraction of sp³-hybridized carbons (Fsp3) is 0.167. The van der Waals surface area contributed by atoms with Crippen LogP contribution in [0.3, 0.4) is 0 Å². The van der Waals surface area contributed by atoms with E-state index in [4.69, 9.17) is 14.3 Å². The number of carbonyl (C=O) groups is 1. The number of carboxylic acids is 1. The molecule has 0 unspecified atom stereocenters. The minimum Gasteiger partial charge on any atom is -0.489 e. The summed E-state index contributed by atoms with van der Waals surface area (Å²) in [5.41, 5.74) is -0.332. The van der Waals surface area contributed by atoms with Crippen molar-refractivity contribution in [3.63, 3.8) is 0 Å². The molecule has 9 heteroatoms. The average Bonchev–Trinajstić information content (AvgIpc) is 2.98. The number of alkyl halides is 3. The number of carboxylic acid groups (broad SMARTS) is 1. The van der Waals surface area contributed by atoms with Gasteiger partial charge in [-0.1, -0.05) is 0 Å². The minimum absolute atomic E-state index is 0.0550. The van der Waals surface area contributed by atoms with E-state index >= 15 is 0 Å². The van der Waals surface area contributed by atoms with Gasteiger partial charge >= 0.3 is 12.1 Å². The van der Waals surface area contributed by atoms with Gasteiger partial charge in [-0.2, -0.15) is 13.2 Å². The highest BCUT2D eigenvalue weighted by molar-refractivity contribution is 9.10. The number of rotatable bonds is 5. The molecule has 3 rings (SSSR count). The van der Waals surface area contributed by atoms with Crippen molar-refractivity contribution in [2.24, 2.45) is 0 Å². The zero-order valence-electron chi connectivity index (χ0n) is 13.4. The van der Waals surface area contributed by atoms with Crippen LogP contribution in [0.5, 0.6) is 5.75 Å². The van der Waals surface area contributed by atoms with Crippen LogP contribution in [0.15, 0.2) is 45.5 Å². The van der Waals surface area contributed by atoms with Crippen molar-refractivity contribution in [1.82, 2.24) is 0 Å². The van der Waals surface area contributed by atoms with Gasteiger partial charge in [-0.25, -0.2) is 4.39 Å². The molecule has 0 atom stereocenters. The van der Waals surface area contributed by atoms with Gasteiger partial charge in [0.15, 0.2) is 0 Å². The van der Waals surface area contributed by atoms with E-state index in [2.05, 4.69) is 15.9 Å². The van der Waals surface area contributed by atoms with Crippen molar-refractivity contribution in [2.45, 2.75) is 19.2 Å². The van der Waals surface area contributed by atoms with Crippen LogP contribution in [0, 0.1) is 5.82 Å². The lowest BCUT2D eigenvalue weighted by molar-refractivity contribution is -0.137. The fourth-order valence-electron chi connectivity index (χ4n) is 2.60. The summed E-state index contributed by atoms with van der Waals surface area (Å²) in [5.74, 6) is -1.64. The number of hydrogen-bond acceptors (Lipinski definition) is 3. The van der Waals surface area contributed by atoms with Crippen LogP contribution < -0.4 is 4.74 Å². The molecule has 0 aliphatic heterocycles. The maximum Gasteiger partial charge on any atom is 0.420 e. The molecule has 27 heavy (non-hydrogen) atoms. The summed E-state index contributed by atoms with van der Waals surface area (Å²) in [6.07, 6.45) is -4.38. The second kappa shape index (κ2) is 7.22. The lowest BCUT2D eigenvalue weighted by Crippen LogP contribution is -2.05. The maximum absolute atomic E-state index is 13.3. The number of fused-ring (bicyclic) bond motifs is 1. The second-order valence-corrected chi connectivity index (χ2v) is 6.57. The van der Waals surface area contributed by atoms with Gasteiger partial charge in [0.25, 0.3) is 0 Å². The molecule has 0 bridgehead atoms. The largest absolute Gasteiger partial charge is 0.489 e. The summed E-state index contributed by atoms with van der Waals surface area (Å²) in [6, 6.07) is 6.25. The Labute approximate surface area is 158 Å². The summed E-state index contributed by atoms with van der Waals surface area (Å²) < 4.78 is 63.4. The molecule has 4 nitrogen and oxygen atoms in total. The number of ether oxygens (including phenoxy) is 1. The Balaban J connectivity index is 1.91. The van der Waals surface area contributed by atoms with Gasteiger partial charge in [0.1, 0.15) is 35.6 Å². The number of benzene rings is 2. The first-order valence-corrected chi connectivity index (χ1v) is 8.34. The van der Waals surface area contributed by atoms with E-state index in [0.717, 1.165) is 12.1 Å². The SMILES string of the molecule is O=C(O)Cc1cc(F)ccc1OCc1cc(Br)c2occ(C(F)(F)F)c2c1. The molecular weight excluding hydrogens is 436 g/mol. The van der Waals surface area contributed by atoms with Crippen molar-refractivity contribution >= 4 is 32.9 Å². The molecule has 0 saturated carbocycles. The molecule has 1 heterocycles.